The van der Waals surface area contributed by atoms with E-state index in [1.807, 2.05) is 50.3 Å². The highest BCUT2D eigenvalue weighted by atomic mass is 28.4. The van der Waals surface area contributed by atoms with Gasteiger partial charge in [-0.25, -0.2) is 5.01 Å². The molecule has 0 bridgehead atoms. The first kappa shape index (κ1) is 28.7. The molecule has 2 aromatic carbocycles. The molecule has 0 saturated carbocycles. The summed E-state index contributed by atoms with van der Waals surface area (Å²) in [6.07, 6.45) is 1.76. The highest BCUT2D eigenvalue weighted by Crippen LogP contribution is 2.58. The second-order valence-corrected chi connectivity index (χ2v) is 16.4. The summed E-state index contributed by atoms with van der Waals surface area (Å²) in [5.41, 5.74) is 1.61. The van der Waals surface area contributed by atoms with Crippen molar-refractivity contribution in [3.05, 3.63) is 59.7 Å². The Hall–Kier alpha value is -3.38. The van der Waals surface area contributed by atoms with Gasteiger partial charge in [-0.2, -0.15) is 5.10 Å². The minimum atomic E-state index is -2.94. The van der Waals surface area contributed by atoms with Crippen LogP contribution in [0.15, 0.2) is 53.6 Å². The Morgan fingerprint density at radius 2 is 1.93 bits per heavy atom. The SMILES string of the molecule is C[C@H]1[C@H]([Si](C)(C)O)[C@@H](CC(=O)N2CCC[C@H]2CO)O[C@]12C(=O)Nc1ccc(N3N=C(c4ccccc4)CCC3=O)cc12. The fourth-order valence-electron chi connectivity index (χ4n) is 7.45. The predicted molar refractivity (Wildman–Crippen MR) is 160 cm³/mol. The number of carbonyl (C=O) groups excluding carboxylic acids is 3. The van der Waals surface area contributed by atoms with Gasteiger partial charge in [-0.3, -0.25) is 14.4 Å². The lowest BCUT2D eigenvalue weighted by Gasteiger charge is -2.32. The van der Waals surface area contributed by atoms with E-state index in [0.717, 1.165) is 24.1 Å². The number of amides is 3. The number of hydrogen-bond donors (Lipinski definition) is 3. The second-order valence-electron chi connectivity index (χ2n) is 12.4. The maximum absolute atomic E-state index is 13.8. The van der Waals surface area contributed by atoms with Crippen LogP contribution in [-0.4, -0.2) is 71.9 Å². The van der Waals surface area contributed by atoms with E-state index >= 15 is 0 Å². The molecule has 1 spiro atoms. The van der Waals surface area contributed by atoms with Crippen LogP contribution >= 0.6 is 0 Å². The summed E-state index contributed by atoms with van der Waals surface area (Å²) in [5.74, 6) is -1.06. The van der Waals surface area contributed by atoms with Gasteiger partial charge >= 0.3 is 0 Å². The van der Waals surface area contributed by atoms with Crippen molar-refractivity contribution in [2.45, 2.75) is 75.4 Å². The zero-order valence-corrected chi connectivity index (χ0v) is 25.2. The average molecular weight is 591 g/mol. The van der Waals surface area contributed by atoms with E-state index in [9.17, 15) is 24.3 Å². The molecule has 2 saturated heterocycles. The summed E-state index contributed by atoms with van der Waals surface area (Å²) in [5, 5.41) is 18.8. The Morgan fingerprint density at radius 1 is 1.17 bits per heavy atom. The van der Waals surface area contributed by atoms with E-state index in [4.69, 9.17) is 9.84 Å². The number of rotatable bonds is 6. The Bertz CT molecular complexity index is 1440. The number of anilines is 2. The van der Waals surface area contributed by atoms with E-state index in [0.29, 0.717) is 36.3 Å². The smallest absolute Gasteiger partial charge is 0.261 e. The van der Waals surface area contributed by atoms with Crippen molar-refractivity contribution in [1.82, 2.24) is 4.90 Å². The van der Waals surface area contributed by atoms with E-state index < -0.39 is 31.5 Å². The van der Waals surface area contributed by atoms with Gasteiger partial charge in [0.05, 0.1) is 36.6 Å². The number of nitrogens with one attached hydrogen (secondary N) is 1. The third-order valence-corrected chi connectivity index (χ3v) is 11.9. The molecule has 4 heterocycles. The van der Waals surface area contributed by atoms with Crippen LogP contribution in [0, 0.1) is 5.92 Å². The molecule has 4 aliphatic heterocycles. The zero-order valence-electron chi connectivity index (χ0n) is 24.2. The number of hydrogen-bond acceptors (Lipinski definition) is 7. The molecule has 0 radical (unpaired) electrons. The number of benzene rings is 2. The zero-order chi connectivity index (χ0) is 29.8. The standard InChI is InChI=1S/C31H38N4O6Si/c1-19-29(42(2,3)40)26(17-28(38)34-15-7-10-22(34)18-36)41-31(19)23-16-21(11-12-25(23)32-30(31)39)35-27(37)14-13-24(33-35)20-8-5-4-6-9-20/h4-6,8-9,11-12,16,19,22,26,29,36,40H,7,10,13-15,17-18H2,1-3H3,(H,32,39)/t19-,22-,26+,29-,31+/m0/s1. The van der Waals surface area contributed by atoms with Gasteiger partial charge in [-0.1, -0.05) is 37.3 Å². The number of fused-ring (bicyclic) bond motifs is 2. The summed E-state index contributed by atoms with van der Waals surface area (Å²) in [4.78, 5) is 53.4. The summed E-state index contributed by atoms with van der Waals surface area (Å²) >= 11 is 0. The monoisotopic (exact) mass is 590 g/mol. The van der Waals surface area contributed by atoms with Crippen LogP contribution in [0.25, 0.3) is 0 Å². The van der Waals surface area contributed by atoms with Crippen LogP contribution in [0.3, 0.4) is 0 Å². The van der Waals surface area contributed by atoms with Gasteiger partial charge in [0.1, 0.15) is 0 Å². The molecule has 10 nitrogen and oxygen atoms in total. The molecule has 4 aliphatic rings. The van der Waals surface area contributed by atoms with Crippen LogP contribution in [-0.2, 0) is 24.7 Å². The molecule has 222 valence electrons. The van der Waals surface area contributed by atoms with Crippen molar-refractivity contribution in [3.63, 3.8) is 0 Å². The molecule has 2 fully saturated rings. The average Bonchev–Trinajstić information content (AvgIpc) is 3.64. The number of carbonyl (C=O) groups is 3. The molecule has 0 unspecified atom stereocenters. The molecule has 5 atom stereocenters. The second kappa shape index (κ2) is 10.7. The first-order chi connectivity index (χ1) is 20.0. The van der Waals surface area contributed by atoms with Crippen molar-refractivity contribution >= 4 is 43.1 Å². The molecule has 0 aliphatic carbocycles. The van der Waals surface area contributed by atoms with Crippen molar-refractivity contribution in [3.8, 4) is 0 Å². The molecule has 42 heavy (non-hydrogen) atoms. The van der Waals surface area contributed by atoms with Crippen molar-refractivity contribution in [2.75, 3.05) is 23.5 Å². The van der Waals surface area contributed by atoms with Gasteiger partial charge in [-0.05, 0) is 49.7 Å². The Kier molecular flexibility index (Phi) is 7.33. The maximum atomic E-state index is 13.8. The first-order valence-corrected chi connectivity index (χ1v) is 17.8. The van der Waals surface area contributed by atoms with Gasteiger partial charge in [-0.15, -0.1) is 0 Å². The normalized spacial score (nSPS) is 29.2. The van der Waals surface area contributed by atoms with Gasteiger partial charge in [0, 0.05) is 42.1 Å². The highest BCUT2D eigenvalue weighted by molar-refractivity contribution is 6.71. The Morgan fingerprint density at radius 3 is 2.64 bits per heavy atom. The summed E-state index contributed by atoms with van der Waals surface area (Å²) in [6.45, 7) is 6.02. The lowest BCUT2D eigenvalue weighted by atomic mass is 9.82. The quantitative estimate of drug-likeness (QED) is 0.443. The van der Waals surface area contributed by atoms with Gasteiger partial charge in [0.2, 0.25) is 11.8 Å². The highest BCUT2D eigenvalue weighted by Gasteiger charge is 2.65. The van der Waals surface area contributed by atoms with E-state index in [-0.39, 0.29) is 36.8 Å². The summed E-state index contributed by atoms with van der Waals surface area (Å²) in [6, 6.07) is 14.8. The van der Waals surface area contributed by atoms with Crippen LogP contribution in [0.1, 0.15) is 50.2 Å². The predicted octanol–water partition coefficient (Wildman–Crippen LogP) is 3.34. The lowest BCUT2D eigenvalue weighted by molar-refractivity contribution is -0.148. The number of aliphatic hydroxyl groups is 1. The van der Waals surface area contributed by atoms with Crippen molar-refractivity contribution in [2.24, 2.45) is 11.0 Å². The minimum Gasteiger partial charge on any atom is -0.432 e. The largest absolute Gasteiger partial charge is 0.432 e. The first-order valence-electron chi connectivity index (χ1n) is 14.8. The van der Waals surface area contributed by atoms with Crippen LogP contribution in [0.4, 0.5) is 11.4 Å². The molecule has 3 amide bonds. The number of nitrogens with zero attached hydrogens (tertiary/aromatic N) is 3. The number of aliphatic hydroxyl groups excluding tert-OH is 1. The third kappa shape index (κ3) is 4.68. The van der Waals surface area contributed by atoms with E-state index in [1.165, 1.54) is 5.01 Å². The molecule has 6 rings (SSSR count). The maximum Gasteiger partial charge on any atom is 0.261 e. The van der Waals surface area contributed by atoms with Gasteiger partial charge in [0.15, 0.2) is 13.9 Å². The molecule has 11 heteroatoms. The topological polar surface area (TPSA) is 132 Å². The lowest BCUT2D eigenvalue weighted by Crippen LogP contribution is -2.44. The van der Waals surface area contributed by atoms with Crippen molar-refractivity contribution in [1.29, 1.82) is 0 Å². The van der Waals surface area contributed by atoms with E-state index in [1.54, 1.807) is 23.1 Å². The Labute approximate surface area is 246 Å². The minimum absolute atomic E-state index is 0.0158. The van der Waals surface area contributed by atoms with Crippen LogP contribution in [0.2, 0.25) is 18.6 Å². The fourth-order valence-corrected chi connectivity index (χ4v) is 10.0. The molecule has 2 aromatic rings. The number of likely N-dealkylation sites (tertiary alicyclic amines) is 1. The molecule has 3 N–H and O–H groups in total. The molecular weight excluding hydrogens is 552 g/mol. The Balaban J connectivity index is 1.36. The molecule has 0 aromatic heterocycles. The summed E-state index contributed by atoms with van der Waals surface area (Å²) < 4.78 is 6.67. The summed E-state index contributed by atoms with van der Waals surface area (Å²) in [7, 11) is -2.94. The fraction of sp³-hybridized carbons (Fsp3) is 0.484. The number of ether oxygens (including phenoxy) is 1. The van der Waals surface area contributed by atoms with Gasteiger partial charge < -0.3 is 24.9 Å². The van der Waals surface area contributed by atoms with Crippen molar-refractivity contribution < 1.29 is 29.0 Å². The third-order valence-electron chi connectivity index (χ3n) is 9.39. The molecular formula is C31H38N4O6Si. The van der Waals surface area contributed by atoms with E-state index in [2.05, 4.69) is 5.32 Å². The van der Waals surface area contributed by atoms with Crippen LogP contribution < -0.4 is 10.3 Å². The van der Waals surface area contributed by atoms with Crippen LogP contribution in [0.5, 0.6) is 0 Å². The number of hydrazone groups is 1. The van der Waals surface area contributed by atoms with Gasteiger partial charge in [0.25, 0.3) is 5.91 Å².